The number of rotatable bonds is 48. The van der Waals surface area contributed by atoms with Crippen LogP contribution in [0.5, 0.6) is 0 Å². The van der Waals surface area contributed by atoms with Crippen LogP contribution in [0.15, 0.2) is 158 Å². The molecule has 0 unspecified atom stereocenters. The molecule has 1 atom stereocenters. The molecule has 6 nitrogen and oxygen atoms in total. The summed E-state index contributed by atoms with van der Waals surface area (Å²) in [6.45, 7) is 6.31. The highest BCUT2D eigenvalue weighted by molar-refractivity contribution is 5.71. The minimum Gasteiger partial charge on any atom is -0.462 e. The van der Waals surface area contributed by atoms with Crippen molar-refractivity contribution in [3.8, 4) is 0 Å². The highest BCUT2D eigenvalue weighted by Crippen LogP contribution is 2.10. The Balaban J connectivity index is 4.70. The van der Waals surface area contributed by atoms with Gasteiger partial charge >= 0.3 is 17.9 Å². The monoisotopic (exact) mass is 977 g/mol. The van der Waals surface area contributed by atoms with Crippen LogP contribution in [0.2, 0.25) is 0 Å². The highest BCUT2D eigenvalue weighted by Gasteiger charge is 2.19. The van der Waals surface area contributed by atoms with Gasteiger partial charge in [-0.15, -0.1) is 0 Å². The zero-order valence-electron chi connectivity index (χ0n) is 45.2. The van der Waals surface area contributed by atoms with E-state index in [4.69, 9.17) is 14.2 Å². The molecule has 0 aromatic rings. The molecular weight excluding hydrogens is 877 g/mol. The first-order chi connectivity index (χ1) is 35.0. The Morgan fingerprint density at radius 2 is 0.577 bits per heavy atom. The van der Waals surface area contributed by atoms with Gasteiger partial charge in [0.15, 0.2) is 6.10 Å². The van der Waals surface area contributed by atoms with Crippen LogP contribution >= 0.6 is 0 Å². The van der Waals surface area contributed by atoms with Crippen LogP contribution in [0.3, 0.4) is 0 Å². The lowest BCUT2D eigenvalue weighted by Crippen LogP contribution is -2.30. The lowest BCUT2D eigenvalue weighted by molar-refractivity contribution is -0.166. The van der Waals surface area contributed by atoms with Crippen LogP contribution in [-0.2, 0) is 28.6 Å². The molecule has 0 rings (SSSR count). The Bertz CT molecular complexity index is 1640. The summed E-state index contributed by atoms with van der Waals surface area (Å²) < 4.78 is 16.7. The molecule has 0 aromatic heterocycles. The summed E-state index contributed by atoms with van der Waals surface area (Å²) in [5.74, 6) is -1.16. The van der Waals surface area contributed by atoms with Crippen molar-refractivity contribution >= 4 is 17.9 Å². The number of hydrogen-bond donors (Lipinski definition) is 0. The minimum absolute atomic E-state index is 0.159. The average molecular weight is 978 g/mol. The SMILES string of the molecule is CC/C=C\C/C=C\C/C=C\C/C=C\C/C=C\CCCC(=O)OC[C@H](COC(=O)CCC/C=C\C/C=C\C/C=C\CCCCCCCC)OC(=O)CC/C=C\C/C=C\C/C=C\C/C=C\C/C=C\CCCCC. The van der Waals surface area contributed by atoms with Crippen LogP contribution in [-0.4, -0.2) is 37.2 Å². The molecule has 0 amide bonds. The molecule has 6 heteroatoms. The summed E-state index contributed by atoms with van der Waals surface area (Å²) in [4.78, 5) is 38.1. The summed E-state index contributed by atoms with van der Waals surface area (Å²) in [5.41, 5.74) is 0. The van der Waals surface area contributed by atoms with E-state index in [-0.39, 0.29) is 44.4 Å². The van der Waals surface area contributed by atoms with Gasteiger partial charge in [0.25, 0.3) is 0 Å². The van der Waals surface area contributed by atoms with E-state index in [0.29, 0.717) is 19.3 Å². The normalized spacial score (nSPS) is 13.3. The predicted octanol–water partition coefficient (Wildman–Crippen LogP) is 19.0. The van der Waals surface area contributed by atoms with E-state index in [9.17, 15) is 14.4 Å². The van der Waals surface area contributed by atoms with E-state index in [0.717, 1.165) is 83.5 Å². The van der Waals surface area contributed by atoms with Crippen molar-refractivity contribution in [2.24, 2.45) is 0 Å². The van der Waals surface area contributed by atoms with Gasteiger partial charge in [-0.1, -0.05) is 224 Å². The zero-order chi connectivity index (χ0) is 51.4. The smallest absolute Gasteiger partial charge is 0.306 e. The molecular formula is C65H100O6. The zero-order valence-corrected chi connectivity index (χ0v) is 45.2. The Labute approximate surface area is 435 Å². The second kappa shape index (κ2) is 57.6. The number of carbonyl (C=O) groups is 3. The number of unbranched alkanes of at least 4 members (excludes halogenated alkanes) is 11. The van der Waals surface area contributed by atoms with E-state index in [1.165, 1.54) is 70.6 Å². The molecule has 0 aliphatic rings. The van der Waals surface area contributed by atoms with Crippen LogP contribution in [0.4, 0.5) is 0 Å². The Hall–Kier alpha value is -4.97. The van der Waals surface area contributed by atoms with Crippen LogP contribution in [0, 0.1) is 0 Å². The van der Waals surface area contributed by atoms with Crippen LogP contribution in [0.1, 0.15) is 213 Å². The summed E-state index contributed by atoms with van der Waals surface area (Å²) in [7, 11) is 0. The van der Waals surface area contributed by atoms with Crippen molar-refractivity contribution in [3.05, 3.63) is 158 Å². The van der Waals surface area contributed by atoms with Crippen LogP contribution in [0.25, 0.3) is 0 Å². The molecule has 71 heavy (non-hydrogen) atoms. The number of ether oxygens (including phenoxy) is 3. The van der Waals surface area contributed by atoms with Crippen molar-refractivity contribution in [3.63, 3.8) is 0 Å². The van der Waals surface area contributed by atoms with Crippen LogP contribution < -0.4 is 0 Å². The standard InChI is InChI=1S/C65H100O6/c1-4-7-10-13-16-19-22-25-28-31-32-35-38-41-44-47-50-53-56-59-65(68)71-62(60-69-63(66)57-54-51-48-45-42-39-36-33-29-26-23-20-17-14-11-8-5-2)61-70-64(67)58-55-52-49-46-43-40-37-34-30-27-24-21-18-15-12-9-6-3/h8,11,16-17,19-20,25-30,32,35-37,39-41,44-46,48-50,53,62H,4-7,9-10,12-15,18,21-24,31,33-34,38,42-43,47,51-52,54-61H2,1-3H3/b11-8-,19-16-,20-17-,28-25-,29-26-,30-27-,35-32-,39-36-,40-37-,44-41-,48-45-,49-46-,53-50-/t62-/m1/s1. The van der Waals surface area contributed by atoms with Crippen molar-refractivity contribution in [2.45, 2.75) is 219 Å². The van der Waals surface area contributed by atoms with Gasteiger partial charge in [-0.25, -0.2) is 0 Å². The predicted molar refractivity (Wildman–Crippen MR) is 306 cm³/mol. The number of esters is 3. The molecule has 0 bridgehead atoms. The van der Waals surface area contributed by atoms with Gasteiger partial charge in [0.2, 0.25) is 0 Å². The number of carbonyl (C=O) groups excluding carboxylic acids is 3. The molecule has 0 heterocycles. The third kappa shape index (κ3) is 55.8. The van der Waals surface area contributed by atoms with Gasteiger partial charge in [0, 0.05) is 19.3 Å². The third-order valence-corrected chi connectivity index (χ3v) is 11.0. The maximum Gasteiger partial charge on any atom is 0.306 e. The van der Waals surface area contributed by atoms with E-state index >= 15 is 0 Å². The fraction of sp³-hybridized carbons (Fsp3) is 0.554. The highest BCUT2D eigenvalue weighted by atomic mass is 16.6. The summed E-state index contributed by atoms with van der Waals surface area (Å²) in [6, 6.07) is 0. The van der Waals surface area contributed by atoms with Gasteiger partial charge in [0.1, 0.15) is 13.2 Å². The maximum atomic E-state index is 12.8. The molecule has 0 aromatic carbocycles. The van der Waals surface area contributed by atoms with E-state index < -0.39 is 12.1 Å². The Morgan fingerprint density at radius 1 is 0.296 bits per heavy atom. The molecule has 396 valence electrons. The fourth-order valence-electron chi connectivity index (χ4n) is 6.83. The molecule has 0 spiro atoms. The first-order valence-electron chi connectivity index (χ1n) is 28.0. The van der Waals surface area contributed by atoms with Crippen molar-refractivity contribution in [1.29, 1.82) is 0 Å². The van der Waals surface area contributed by atoms with Gasteiger partial charge in [-0.2, -0.15) is 0 Å². The first-order valence-corrected chi connectivity index (χ1v) is 28.0. The largest absolute Gasteiger partial charge is 0.462 e. The van der Waals surface area contributed by atoms with Crippen molar-refractivity contribution < 1.29 is 28.6 Å². The maximum absolute atomic E-state index is 12.8. The van der Waals surface area contributed by atoms with E-state index in [1.807, 2.05) is 12.2 Å². The third-order valence-electron chi connectivity index (χ3n) is 11.0. The number of hydrogen-bond acceptors (Lipinski definition) is 6. The first kappa shape index (κ1) is 66.0. The van der Waals surface area contributed by atoms with E-state index in [2.05, 4.69) is 167 Å². The molecule has 0 N–H and O–H groups in total. The fourth-order valence-corrected chi connectivity index (χ4v) is 6.83. The number of allylic oxidation sites excluding steroid dienone is 26. The molecule has 0 aliphatic heterocycles. The van der Waals surface area contributed by atoms with Gasteiger partial charge < -0.3 is 14.2 Å². The lowest BCUT2D eigenvalue weighted by atomic mass is 10.1. The van der Waals surface area contributed by atoms with Crippen molar-refractivity contribution in [2.75, 3.05) is 13.2 Å². The molecule has 0 radical (unpaired) electrons. The minimum atomic E-state index is -0.869. The second-order valence-electron chi connectivity index (χ2n) is 17.7. The second-order valence-corrected chi connectivity index (χ2v) is 17.7. The van der Waals surface area contributed by atoms with Gasteiger partial charge in [-0.05, 0) is 128 Å². The molecule has 0 aliphatic carbocycles. The topological polar surface area (TPSA) is 78.9 Å². The molecule has 0 fully saturated rings. The summed E-state index contributed by atoms with van der Waals surface area (Å²) >= 11 is 0. The lowest BCUT2D eigenvalue weighted by Gasteiger charge is -2.18. The van der Waals surface area contributed by atoms with Crippen molar-refractivity contribution in [1.82, 2.24) is 0 Å². The Kier molecular flexibility index (Phi) is 53.6. The van der Waals surface area contributed by atoms with E-state index in [1.54, 1.807) is 0 Å². The molecule has 0 saturated heterocycles. The summed E-state index contributed by atoms with van der Waals surface area (Å²) in [6.07, 6.45) is 84.0. The Morgan fingerprint density at radius 3 is 0.944 bits per heavy atom. The molecule has 0 saturated carbocycles. The average Bonchev–Trinajstić information content (AvgIpc) is 3.37. The quantitative estimate of drug-likeness (QED) is 0.0262. The summed E-state index contributed by atoms with van der Waals surface area (Å²) in [5, 5.41) is 0. The van der Waals surface area contributed by atoms with Gasteiger partial charge in [-0.3, -0.25) is 14.4 Å². The van der Waals surface area contributed by atoms with Gasteiger partial charge in [0.05, 0.1) is 0 Å².